The zero-order valence-electron chi connectivity index (χ0n) is 12.8. The van der Waals surface area contributed by atoms with E-state index in [0.29, 0.717) is 11.4 Å². The van der Waals surface area contributed by atoms with Gasteiger partial charge in [0.1, 0.15) is 11.7 Å². The molecule has 1 aromatic heterocycles. The van der Waals surface area contributed by atoms with E-state index in [1.54, 1.807) is 22.7 Å². The van der Waals surface area contributed by atoms with Gasteiger partial charge in [-0.3, -0.25) is 4.79 Å². The van der Waals surface area contributed by atoms with Gasteiger partial charge in [0, 0.05) is 18.0 Å². The molecule has 116 valence electrons. The van der Waals surface area contributed by atoms with E-state index in [9.17, 15) is 14.7 Å². The van der Waals surface area contributed by atoms with Gasteiger partial charge in [-0.05, 0) is 31.9 Å². The molecule has 1 aromatic rings. The van der Waals surface area contributed by atoms with Crippen molar-refractivity contribution in [2.75, 3.05) is 5.75 Å². The summed E-state index contributed by atoms with van der Waals surface area (Å²) >= 11 is 1.55. The number of amides is 1. The number of hydrogen-bond donors (Lipinski definition) is 1. The van der Waals surface area contributed by atoms with Crippen LogP contribution in [0.1, 0.15) is 44.2 Å². The molecule has 2 heterocycles. The predicted molar refractivity (Wildman–Crippen MR) is 83.5 cm³/mol. The average Bonchev–Trinajstić information content (AvgIpc) is 3.04. The summed E-state index contributed by atoms with van der Waals surface area (Å²) in [5, 5.41) is 9.31. The van der Waals surface area contributed by atoms with Crippen LogP contribution in [0.5, 0.6) is 0 Å². The van der Waals surface area contributed by atoms with Crippen molar-refractivity contribution in [3.05, 3.63) is 24.0 Å². The van der Waals surface area contributed by atoms with Crippen molar-refractivity contribution in [2.24, 2.45) is 5.92 Å². The first kappa shape index (κ1) is 15.9. The van der Waals surface area contributed by atoms with Crippen molar-refractivity contribution >= 4 is 23.6 Å². The Morgan fingerprint density at radius 2 is 2.00 bits per heavy atom. The largest absolute Gasteiger partial charge is 0.480 e. The topological polar surface area (TPSA) is 62.5 Å². The molecule has 1 fully saturated rings. The Kier molecular flexibility index (Phi) is 4.66. The molecule has 1 aliphatic heterocycles. The quantitative estimate of drug-likeness (QED) is 0.929. The van der Waals surface area contributed by atoms with Crippen molar-refractivity contribution in [1.29, 1.82) is 0 Å². The molecule has 0 spiro atoms. The molecule has 2 rings (SSSR count). The van der Waals surface area contributed by atoms with Gasteiger partial charge in [-0.2, -0.15) is 0 Å². The summed E-state index contributed by atoms with van der Waals surface area (Å²) in [5.74, 6) is -0.455. The third kappa shape index (κ3) is 2.95. The normalized spacial score (nSPS) is 22.3. The smallest absolute Gasteiger partial charge is 0.327 e. The van der Waals surface area contributed by atoms with Crippen LogP contribution in [-0.4, -0.2) is 43.6 Å². The maximum atomic E-state index is 12.9. The van der Waals surface area contributed by atoms with Gasteiger partial charge in [0.05, 0.1) is 5.37 Å². The van der Waals surface area contributed by atoms with Gasteiger partial charge in [-0.15, -0.1) is 11.8 Å². The van der Waals surface area contributed by atoms with E-state index in [1.807, 2.05) is 44.5 Å². The molecule has 2 unspecified atom stereocenters. The lowest BCUT2D eigenvalue weighted by Crippen LogP contribution is -2.47. The number of carboxylic acid groups (broad SMARTS) is 1. The summed E-state index contributed by atoms with van der Waals surface area (Å²) in [7, 11) is 0. The Morgan fingerprint density at radius 3 is 2.52 bits per heavy atom. The second kappa shape index (κ2) is 6.13. The minimum Gasteiger partial charge on any atom is -0.480 e. The van der Waals surface area contributed by atoms with Crippen LogP contribution in [0.15, 0.2) is 18.3 Å². The summed E-state index contributed by atoms with van der Waals surface area (Å²) in [5.41, 5.74) is 0.560. The second-order valence-electron chi connectivity index (χ2n) is 5.93. The minimum atomic E-state index is -0.929. The van der Waals surface area contributed by atoms with E-state index in [0.717, 1.165) is 0 Å². The molecular weight excluding hydrogens is 288 g/mol. The summed E-state index contributed by atoms with van der Waals surface area (Å²) in [6.07, 6.45) is 1.86. The first-order valence-corrected chi connectivity index (χ1v) is 8.23. The van der Waals surface area contributed by atoms with Crippen molar-refractivity contribution in [2.45, 2.75) is 45.2 Å². The molecule has 0 bridgehead atoms. The molecule has 0 aliphatic carbocycles. The van der Waals surface area contributed by atoms with Gasteiger partial charge in [0.25, 0.3) is 5.91 Å². The van der Waals surface area contributed by atoms with Gasteiger partial charge in [0.2, 0.25) is 0 Å². The number of carbonyl (C=O) groups is 2. The Morgan fingerprint density at radius 1 is 1.33 bits per heavy atom. The summed E-state index contributed by atoms with van der Waals surface area (Å²) < 4.78 is 1.89. The maximum Gasteiger partial charge on any atom is 0.327 e. The number of aromatic nitrogens is 1. The first-order chi connectivity index (χ1) is 9.84. The van der Waals surface area contributed by atoms with Crippen LogP contribution in [0.3, 0.4) is 0 Å². The third-order valence-corrected chi connectivity index (χ3v) is 5.30. The molecule has 5 nitrogen and oxygen atoms in total. The first-order valence-electron chi connectivity index (χ1n) is 7.18. The predicted octanol–water partition coefficient (Wildman–Crippen LogP) is 2.69. The Balaban J connectivity index is 2.37. The van der Waals surface area contributed by atoms with Crippen LogP contribution in [0.25, 0.3) is 0 Å². The van der Waals surface area contributed by atoms with Crippen LogP contribution in [0.4, 0.5) is 0 Å². The molecule has 1 N–H and O–H groups in total. The second-order valence-corrected chi connectivity index (χ2v) is 7.08. The van der Waals surface area contributed by atoms with Crippen LogP contribution in [0, 0.1) is 5.92 Å². The van der Waals surface area contributed by atoms with Gasteiger partial charge >= 0.3 is 5.97 Å². The standard InChI is InChI=1S/C15H22N2O3S/c1-9(2)14-17(12(8-21-14)15(19)20)13(18)11-6-5-7-16(11)10(3)4/h5-7,9-10,12,14H,8H2,1-4H3,(H,19,20). The van der Waals surface area contributed by atoms with Crippen molar-refractivity contribution in [1.82, 2.24) is 9.47 Å². The zero-order chi connectivity index (χ0) is 15.7. The number of thioether (sulfide) groups is 1. The van der Waals surface area contributed by atoms with E-state index in [-0.39, 0.29) is 23.2 Å². The maximum absolute atomic E-state index is 12.9. The highest BCUT2D eigenvalue weighted by Crippen LogP contribution is 2.35. The highest BCUT2D eigenvalue weighted by Gasteiger charge is 2.43. The molecule has 1 amide bonds. The molecule has 1 saturated heterocycles. The fraction of sp³-hybridized carbons (Fsp3) is 0.600. The van der Waals surface area contributed by atoms with Gasteiger partial charge < -0.3 is 14.6 Å². The van der Waals surface area contributed by atoms with E-state index < -0.39 is 12.0 Å². The van der Waals surface area contributed by atoms with Crippen LogP contribution >= 0.6 is 11.8 Å². The Bertz CT molecular complexity index is 539. The number of carboxylic acids is 1. The zero-order valence-corrected chi connectivity index (χ0v) is 13.6. The summed E-state index contributed by atoms with van der Waals surface area (Å²) in [6, 6.07) is 3.01. The van der Waals surface area contributed by atoms with Crippen LogP contribution in [-0.2, 0) is 4.79 Å². The van der Waals surface area contributed by atoms with Gasteiger partial charge in [-0.1, -0.05) is 13.8 Å². The Hall–Kier alpha value is -1.43. The monoisotopic (exact) mass is 310 g/mol. The molecule has 6 heteroatoms. The van der Waals surface area contributed by atoms with Crippen LogP contribution in [0.2, 0.25) is 0 Å². The lowest BCUT2D eigenvalue weighted by atomic mass is 10.1. The molecule has 1 aliphatic rings. The highest BCUT2D eigenvalue weighted by molar-refractivity contribution is 8.00. The van der Waals surface area contributed by atoms with Crippen LogP contribution < -0.4 is 0 Å². The lowest BCUT2D eigenvalue weighted by molar-refractivity contribution is -0.141. The molecule has 0 radical (unpaired) electrons. The number of carbonyl (C=O) groups excluding carboxylic acids is 1. The van der Waals surface area contributed by atoms with Crippen molar-refractivity contribution in [3.8, 4) is 0 Å². The molecular formula is C15H22N2O3S. The minimum absolute atomic E-state index is 0.0888. The molecule has 0 aromatic carbocycles. The highest BCUT2D eigenvalue weighted by atomic mass is 32.2. The molecule has 21 heavy (non-hydrogen) atoms. The SMILES string of the molecule is CC(C)C1SCC(C(=O)O)N1C(=O)c1cccn1C(C)C. The fourth-order valence-electron chi connectivity index (χ4n) is 2.65. The number of aliphatic carboxylic acids is 1. The van der Waals surface area contributed by atoms with E-state index in [2.05, 4.69) is 0 Å². The van der Waals surface area contributed by atoms with Crippen molar-refractivity contribution in [3.63, 3.8) is 0 Å². The number of rotatable bonds is 4. The summed E-state index contributed by atoms with van der Waals surface area (Å²) in [6.45, 7) is 8.04. The fourth-order valence-corrected chi connectivity index (χ4v) is 4.12. The van der Waals surface area contributed by atoms with E-state index >= 15 is 0 Å². The Labute approximate surface area is 129 Å². The molecule has 0 saturated carbocycles. The third-order valence-electron chi connectivity index (χ3n) is 3.68. The number of hydrogen-bond acceptors (Lipinski definition) is 3. The lowest BCUT2D eigenvalue weighted by Gasteiger charge is -2.30. The summed E-state index contributed by atoms with van der Waals surface area (Å²) in [4.78, 5) is 25.9. The van der Waals surface area contributed by atoms with E-state index in [4.69, 9.17) is 0 Å². The van der Waals surface area contributed by atoms with Crippen molar-refractivity contribution < 1.29 is 14.7 Å². The van der Waals surface area contributed by atoms with Gasteiger partial charge in [0.15, 0.2) is 0 Å². The molecule has 2 atom stereocenters. The average molecular weight is 310 g/mol. The number of nitrogens with zero attached hydrogens (tertiary/aromatic N) is 2. The van der Waals surface area contributed by atoms with Gasteiger partial charge in [-0.25, -0.2) is 4.79 Å². The van der Waals surface area contributed by atoms with E-state index in [1.165, 1.54) is 0 Å².